The van der Waals surface area contributed by atoms with Crippen LogP contribution in [0.3, 0.4) is 0 Å². The Labute approximate surface area is 176 Å². The number of benzene rings is 2. The van der Waals surface area contributed by atoms with Crippen molar-refractivity contribution in [2.24, 2.45) is 0 Å². The lowest BCUT2D eigenvalue weighted by Gasteiger charge is -2.29. The van der Waals surface area contributed by atoms with E-state index in [0.29, 0.717) is 24.6 Å². The van der Waals surface area contributed by atoms with E-state index >= 15 is 0 Å². The number of nitrogens with zero attached hydrogens (tertiary/aromatic N) is 4. The summed E-state index contributed by atoms with van der Waals surface area (Å²) in [7, 11) is 0. The predicted octanol–water partition coefficient (Wildman–Crippen LogP) is 3.88. The van der Waals surface area contributed by atoms with Gasteiger partial charge in [-0.3, -0.25) is 9.47 Å². The Balaban J connectivity index is 1.74. The van der Waals surface area contributed by atoms with Crippen molar-refractivity contribution in [1.29, 1.82) is 0 Å². The molecular weight excluding hydrogens is 384 g/mol. The van der Waals surface area contributed by atoms with Crippen LogP contribution in [-0.2, 0) is 6.67 Å². The molecule has 0 radical (unpaired) electrons. The Morgan fingerprint density at radius 2 is 1.90 bits per heavy atom. The third-order valence-corrected chi connectivity index (χ3v) is 5.49. The maximum absolute atomic E-state index is 10.00. The molecule has 0 amide bonds. The number of rotatable bonds is 6. The van der Waals surface area contributed by atoms with Gasteiger partial charge in [0.1, 0.15) is 5.75 Å². The van der Waals surface area contributed by atoms with E-state index in [1.165, 1.54) is 0 Å². The first-order chi connectivity index (χ1) is 14.2. The Morgan fingerprint density at radius 3 is 2.59 bits per heavy atom. The molecule has 2 aromatic carbocycles. The van der Waals surface area contributed by atoms with Crippen LogP contribution in [0.4, 0.5) is 0 Å². The van der Waals surface area contributed by atoms with Gasteiger partial charge in [0, 0.05) is 18.7 Å². The standard InChI is InChI=1S/C22H26N4O2S/c1-2-28-20-12-10-18(11-13-20)26-21(17-7-4-3-5-8-17)23-25(22(26)29)16-24-14-6-9-19(27)15-24/h3-5,7-8,10-13,19,27H,2,6,9,14-16H2,1H3/t19-/m1/s1. The van der Waals surface area contributed by atoms with Crippen LogP contribution < -0.4 is 4.74 Å². The number of likely N-dealkylation sites (tertiary alicyclic amines) is 1. The molecule has 1 atom stereocenters. The number of β-amino-alcohol motifs (C(OH)–C–C–N with tert-alkyl or cyclic N) is 1. The van der Waals surface area contributed by atoms with Crippen LogP contribution in [-0.4, -0.2) is 50.2 Å². The molecule has 3 aromatic rings. The molecule has 1 aromatic heterocycles. The quantitative estimate of drug-likeness (QED) is 0.625. The molecular formula is C22H26N4O2S. The molecule has 0 unspecified atom stereocenters. The second-order valence-corrected chi connectivity index (χ2v) is 7.61. The van der Waals surface area contributed by atoms with Crippen molar-refractivity contribution in [3.05, 3.63) is 59.4 Å². The van der Waals surface area contributed by atoms with E-state index in [0.717, 1.165) is 42.2 Å². The summed E-state index contributed by atoms with van der Waals surface area (Å²) in [6.07, 6.45) is 1.57. The van der Waals surface area contributed by atoms with E-state index in [-0.39, 0.29) is 6.10 Å². The van der Waals surface area contributed by atoms with E-state index in [9.17, 15) is 5.11 Å². The van der Waals surface area contributed by atoms with Crippen molar-refractivity contribution in [1.82, 2.24) is 19.2 Å². The average Bonchev–Trinajstić information content (AvgIpc) is 3.06. The minimum atomic E-state index is -0.278. The zero-order chi connectivity index (χ0) is 20.2. The lowest BCUT2D eigenvalue weighted by atomic mass is 10.1. The predicted molar refractivity (Wildman–Crippen MR) is 116 cm³/mol. The van der Waals surface area contributed by atoms with Gasteiger partial charge in [-0.05, 0) is 56.2 Å². The Morgan fingerprint density at radius 1 is 1.14 bits per heavy atom. The van der Waals surface area contributed by atoms with Gasteiger partial charge in [-0.2, -0.15) is 0 Å². The summed E-state index contributed by atoms with van der Waals surface area (Å²) in [5, 5.41) is 14.9. The highest BCUT2D eigenvalue weighted by Gasteiger charge is 2.20. The lowest BCUT2D eigenvalue weighted by Crippen LogP contribution is -2.39. The fraction of sp³-hybridized carbons (Fsp3) is 0.364. The van der Waals surface area contributed by atoms with E-state index in [1.807, 2.05) is 70.8 Å². The highest BCUT2D eigenvalue weighted by atomic mass is 32.1. The molecule has 1 fully saturated rings. The zero-order valence-electron chi connectivity index (χ0n) is 16.6. The van der Waals surface area contributed by atoms with Gasteiger partial charge in [0.25, 0.3) is 0 Å². The smallest absolute Gasteiger partial charge is 0.204 e. The van der Waals surface area contributed by atoms with Gasteiger partial charge in [0.05, 0.1) is 25.1 Å². The Bertz CT molecular complexity index is 998. The number of ether oxygens (including phenoxy) is 1. The molecule has 2 heterocycles. The molecule has 6 nitrogen and oxygen atoms in total. The molecule has 0 bridgehead atoms. The first kappa shape index (κ1) is 19.8. The van der Waals surface area contributed by atoms with Crippen LogP contribution in [0.5, 0.6) is 5.75 Å². The number of aromatic nitrogens is 3. The molecule has 0 spiro atoms. The molecule has 0 saturated carbocycles. The summed E-state index contributed by atoms with van der Waals surface area (Å²) in [6.45, 7) is 4.76. The van der Waals surface area contributed by atoms with Gasteiger partial charge in [0.2, 0.25) is 4.77 Å². The van der Waals surface area contributed by atoms with E-state index in [2.05, 4.69) is 4.90 Å². The highest BCUT2D eigenvalue weighted by molar-refractivity contribution is 7.71. The minimum absolute atomic E-state index is 0.278. The first-order valence-electron chi connectivity index (χ1n) is 10.0. The van der Waals surface area contributed by atoms with Crippen molar-refractivity contribution in [2.45, 2.75) is 32.5 Å². The number of aliphatic hydroxyl groups is 1. The molecule has 1 aliphatic rings. The van der Waals surface area contributed by atoms with Crippen LogP contribution in [0.25, 0.3) is 17.1 Å². The summed E-state index contributed by atoms with van der Waals surface area (Å²) in [5.41, 5.74) is 1.95. The number of aliphatic hydroxyl groups excluding tert-OH is 1. The minimum Gasteiger partial charge on any atom is -0.494 e. The van der Waals surface area contributed by atoms with Gasteiger partial charge in [-0.1, -0.05) is 30.3 Å². The summed E-state index contributed by atoms with van der Waals surface area (Å²) in [6, 6.07) is 18.0. The molecule has 1 saturated heterocycles. The zero-order valence-corrected chi connectivity index (χ0v) is 17.4. The van der Waals surface area contributed by atoms with Gasteiger partial charge in [-0.25, -0.2) is 4.68 Å². The average molecular weight is 411 g/mol. The fourth-order valence-electron chi connectivity index (χ4n) is 3.71. The maximum Gasteiger partial charge on any atom is 0.204 e. The van der Waals surface area contributed by atoms with Crippen LogP contribution in [0.2, 0.25) is 0 Å². The third kappa shape index (κ3) is 4.42. The van der Waals surface area contributed by atoms with Crippen LogP contribution in [0, 0.1) is 4.77 Å². The van der Waals surface area contributed by atoms with Crippen LogP contribution in [0.1, 0.15) is 19.8 Å². The fourth-order valence-corrected chi connectivity index (χ4v) is 4.00. The van der Waals surface area contributed by atoms with Gasteiger partial charge in [0.15, 0.2) is 5.82 Å². The van der Waals surface area contributed by atoms with Gasteiger partial charge >= 0.3 is 0 Å². The van der Waals surface area contributed by atoms with Crippen molar-refractivity contribution in [3.8, 4) is 22.8 Å². The second-order valence-electron chi connectivity index (χ2n) is 7.25. The van der Waals surface area contributed by atoms with Gasteiger partial charge in [-0.15, -0.1) is 5.10 Å². The molecule has 1 aliphatic heterocycles. The molecule has 152 valence electrons. The number of piperidine rings is 1. The molecule has 1 N–H and O–H groups in total. The first-order valence-corrected chi connectivity index (χ1v) is 10.5. The molecule has 0 aliphatic carbocycles. The normalized spacial score (nSPS) is 17.4. The Hall–Kier alpha value is -2.48. The molecule has 29 heavy (non-hydrogen) atoms. The highest BCUT2D eigenvalue weighted by Crippen LogP contribution is 2.24. The summed E-state index contributed by atoms with van der Waals surface area (Å²) >= 11 is 5.82. The monoisotopic (exact) mass is 410 g/mol. The third-order valence-electron chi connectivity index (χ3n) is 5.09. The van der Waals surface area contributed by atoms with Crippen molar-refractivity contribution >= 4 is 12.2 Å². The summed E-state index contributed by atoms with van der Waals surface area (Å²) in [4.78, 5) is 2.20. The van der Waals surface area contributed by atoms with Crippen LogP contribution >= 0.6 is 12.2 Å². The van der Waals surface area contributed by atoms with E-state index in [1.54, 1.807) is 0 Å². The second kappa shape index (κ2) is 8.90. The van der Waals surface area contributed by atoms with Crippen molar-refractivity contribution < 1.29 is 9.84 Å². The number of hydrogen-bond donors (Lipinski definition) is 1. The van der Waals surface area contributed by atoms with Crippen LogP contribution in [0.15, 0.2) is 54.6 Å². The summed E-state index contributed by atoms with van der Waals surface area (Å²) in [5.74, 6) is 1.64. The lowest BCUT2D eigenvalue weighted by molar-refractivity contribution is 0.0513. The van der Waals surface area contributed by atoms with E-state index < -0.39 is 0 Å². The Kier molecular flexibility index (Phi) is 6.08. The topological polar surface area (TPSA) is 55.5 Å². The molecule has 7 heteroatoms. The van der Waals surface area contributed by atoms with Gasteiger partial charge < -0.3 is 9.84 Å². The van der Waals surface area contributed by atoms with Crippen molar-refractivity contribution in [2.75, 3.05) is 19.7 Å². The maximum atomic E-state index is 10.00. The van der Waals surface area contributed by atoms with E-state index in [4.69, 9.17) is 22.1 Å². The van der Waals surface area contributed by atoms with Crippen molar-refractivity contribution in [3.63, 3.8) is 0 Å². The largest absolute Gasteiger partial charge is 0.494 e. The molecule has 4 rings (SSSR count). The SMILES string of the molecule is CCOc1ccc(-n2c(-c3ccccc3)nn(CN3CCC[C@@H](O)C3)c2=S)cc1. The number of hydrogen-bond acceptors (Lipinski definition) is 5. The summed E-state index contributed by atoms with van der Waals surface area (Å²) < 4.78 is 10.1.